The highest BCUT2D eigenvalue weighted by Crippen LogP contribution is 2.30. The number of amides is 1. The van der Waals surface area contributed by atoms with Crippen molar-refractivity contribution in [3.05, 3.63) is 70.7 Å². The molecule has 2 N–H and O–H groups in total. The van der Waals surface area contributed by atoms with Crippen LogP contribution in [0.3, 0.4) is 0 Å². The minimum absolute atomic E-state index is 0.100. The molecule has 1 amide bonds. The van der Waals surface area contributed by atoms with Crippen molar-refractivity contribution in [2.24, 2.45) is 5.73 Å². The fraction of sp³-hybridized carbons (Fsp3) is 0.190. The Kier molecular flexibility index (Phi) is 4.70. The molecule has 7 heteroatoms. The standard InChI is InChI=1S/C21H19N3O3S/c1-27-17-6-7-18-15(10-17)11-24(20(18)26)12-21(22,13-25)16-4-2-14(3-5-16)19-23-8-9-28-19/h2-10,13H,11-12,22H2,1H3/t21-/m0/s1. The number of carbonyl (C=O) groups excluding carboxylic acids is 2. The van der Waals surface area contributed by atoms with E-state index >= 15 is 0 Å². The van der Waals surface area contributed by atoms with Gasteiger partial charge >= 0.3 is 0 Å². The Balaban J connectivity index is 1.57. The van der Waals surface area contributed by atoms with Gasteiger partial charge in [0.1, 0.15) is 22.6 Å². The van der Waals surface area contributed by atoms with Crippen LogP contribution in [0.2, 0.25) is 0 Å². The highest BCUT2D eigenvalue weighted by atomic mass is 32.1. The molecule has 1 atom stereocenters. The molecule has 0 aliphatic carbocycles. The fourth-order valence-electron chi connectivity index (χ4n) is 3.41. The van der Waals surface area contributed by atoms with Crippen LogP contribution < -0.4 is 10.5 Å². The number of hydrogen-bond donors (Lipinski definition) is 1. The Morgan fingerprint density at radius 3 is 2.71 bits per heavy atom. The SMILES string of the molecule is COc1ccc2c(c1)CN(C[C@](N)(C=O)c1ccc(-c3nccs3)cc1)C2=O. The second-order valence-corrected chi connectivity index (χ2v) is 7.65. The van der Waals surface area contributed by atoms with Crippen LogP contribution in [0.1, 0.15) is 21.5 Å². The molecule has 2 heterocycles. The lowest BCUT2D eigenvalue weighted by Gasteiger charge is -2.29. The summed E-state index contributed by atoms with van der Waals surface area (Å²) in [5.74, 6) is 0.564. The van der Waals surface area contributed by atoms with Crippen molar-refractivity contribution in [1.82, 2.24) is 9.88 Å². The maximum atomic E-state index is 12.7. The van der Waals surface area contributed by atoms with Crippen LogP contribution in [-0.2, 0) is 16.9 Å². The molecule has 0 radical (unpaired) electrons. The Morgan fingerprint density at radius 2 is 2.07 bits per heavy atom. The molecule has 6 nitrogen and oxygen atoms in total. The average Bonchev–Trinajstić information content (AvgIpc) is 3.36. The zero-order valence-electron chi connectivity index (χ0n) is 15.3. The largest absolute Gasteiger partial charge is 0.497 e. The maximum Gasteiger partial charge on any atom is 0.254 e. The second kappa shape index (κ2) is 7.18. The predicted molar refractivity (Wildman–Crippen MR) is 107 cm³/mol. The summed E-state index contributed by atoms with van der Waals surface area (Å²) in [6, 6.07) is 12.8. The van der Waals surface area contributed by atoms with E-state index in [1.165, 1.54) is 0 Å². The van der Waals surface area contributed by atoms with Crippen LogP contribution in [0.15, 0.2) is 54.0 Å². The van der Waals surface area contributed by atoms with Gasteiger partial charge in [-0.25, -0.2) is 4.98 Å². The number of aromatic nitrogens is 1. The summed E-state index contributed by atoms with van der Waals surface area (Å²) >= 11 is 1.54. The molecule has 0 unspecified atom stereocenters. The van der Waals surface area contributed by atoms with Gasteiger partial charge in [-0.15, -0.1) is 11.3 Å². The number of ether oxygens (including phenoxy) is 1. The number of aldehydes is 1. The first-order valence-electron chi connectivity index (χ1n) is 8.76. The van der Waals surface area contributed by atoms with E-state index in [9.17, 15) is 9.59 Å². The minimum atomic E-state index is -1.29. The summed E-state index contributed by atoms with van der Waals surface area (Å²) in [5.41, 5.74) is 8.24. The number of hydrogen-bond acceptors (Lipinski definition) is 6. The second-order valence-electron chi connectivity index (χ2n) is 6.76. The average molecular weight is 393 g/mol. The first kappa shape index (κ1) is 18.3. The number of thiazole rings is 1. The van der Waals surface area contributed by atoms with Gasteiger partial charge in [-0.1, -0.05) is 24.3 Å². The van der Waals surface area contributed by atoms with E-state index in [1.54, 1.807) is 41.7 Å². The van der Waals surface area contributed by atoms with Crippen LogP contribution in [0.5, 0.6) is 5.75 Å². The molecule has 28 heavy (non-hydrogen) atoms. The highest BCUT2D eigenvalue weighted by Gasteiger charge is 2.36. The molecule has 1 aromatic heterocycles. The summed E-state index contributed by atoms with van der Waals surface area (Å²) < 4.78 is 5.23. The van der Waals surface area contributed by atoms with Gasteiger partial charge in [0.2, 0.25) is 0 Å². The van der Waals surface area contributed by atoms with E-state index < -0.39 is 5.54 Å². The lowest BCUT2D eigenvalue weighted by Crippen LogP contribution is -2.49. The normalized spacial score (nSPS) is 15.2. The van der Waals surface area contributed by atoms with Crippen LogP contribution in [0, 0.1) is 0 Å². The molecule has 142 valence electrons. The third-order valence-corrected chi connectivity index (χ3v) is 5.78. The van der Waals surface area contributed by atoms with Gasteiger partial charge in [0.25, 0.3) is 5.91 Å². The Hall–Kier alpha value is -3.03. The number of carbonyl (C=O) groups is 2. The minimum Gasteiger partial charge on any atom is -0.497 e. The van der Waals surface area contributed by atoms with Gasteiger partial charge in [-0.2, -0.15) is 0 Å². The molecule has 0 saturated carbocycles. The lowest BCUT2D eigenvalue weighted by atomic mass is 9.91. The van der Waals surface area contributed by atoms with Gasteiger partial charge < -0.3 is 20.2 Å². The molecule has 2 aromatic carbocycles. The monoisotopic (exact) mass is 393 g/mol. The topological polar surface area (TPSA) is 85.5 Å². The third-order valence-electron chi connectivity index (χ3n) is 4.96. The van der Waals surface area contributed by atoms with Crippen LogP contribution in [0.25, 0.3) is 10.6 Å². The van der Waals surface area contributed by atoms with Gasteiger partial charge in [-0.3, -0.25) is 4.79 Å². The first-order valence-corrected chi connectivity index (χ1v) is 9.64. The third kappa shape index (κ3) is 3.19. The Labute approximate surface area is 166 Å². The molecule has 3 aromatic rings. The summed E-state index contributed by atoms with van der Waals surface area (Å²) in [6.07, 6.45) is 2.46. The van der Waals surface area contributed by atoms with Gasteiger partial charge in [-0.05, 0) is 29.3 Å². The number of benzene rings is 2. The zero-order chi connectivity index (χ0) is 19.7. The first-order chi connectivity index (χ1) is 13.5. The Bertz CT molecular complexity index is 1020. The van der Waals surface area contributed by atoms with E-state index in [-0.39, 0.29) is 12.5 Å². The maximum absolute atomic E-state index is 12.7. The van der Waals surface area contributed by atoms with Crippen LogP contribution >= 0.6 is 11.3 Å². The van der Waals surface area contributed by atoms with Crippen LogP contribution in [-0.4, -0.2) is 35.7 Å². The molecule has 0 fully saturated rings. The smallest absolute Gasteiger partial charge is 0.254 e. The van der Waals surface area contributed by atoms with Gasteiger partial charge in [0.05, 0.1) is 13.7 Å². The van der Waals surface area contributed by atoms with E-state index in [2.05, 4.69) is 4.98 Å². The molecule has 0 spiro atoms. The van der Waals surface area contributed by atoms with Gasteiger partial charge in [0, 0.05) is 29.2 Å². The molecular formula is C21H19N3O3S. The predicted octanol–water partition coefficient (Wildman–Crippen LogP) is 2.83. The quantitative estimate of drug-likeness (QED) is 0.651. The highest BCUT2D eigenvalue weighted by molar-refractivity contribution is 7.13. The number of rotatable bonds is 6. The zero-order valence-corrected chi connectivity index (χ0v) is 16.1. The van der Waals surface area contributed by atoms with Crippen LogP contribution in [0.4, 0.5) is 0 Å². The van der Waals surface area contributed by atoms with E-state index in [0.717, 1.165) is 16.1 Å². The van der Waals surface area contributed by atoms with Crippen molar-refractivity contribution in [3.8, 4) is 16.3 Å². The van der Waals surface area contributed by atoms with Crippen molar-refractivity contribution < 1.29 is 14.3 Å². The number of nitrogens with zero attached hydrogens (tertiary/aromatic N) is 2. The molecule has 1 aliphatic heterocycles. The summed E-state index contributed by atoms with van der Waals surface area (Å²) in [6.45, 7) is 0.498. The number of fused-ring (bicyclic) bond motifs is 1. The van der Waals surface area contributed by atoms with E-state index in [1.807, 2.05) is 35.7 Å². The molecule has 4 rings (SSSR count). The molecular weight excluding hydrogens is 374 g/mol. The van der Waals surface area contributed by atoms with Crippen molar-refractivity contribution in [2.45, 2.75) is 12.1 Å². The summed E-state index contributed by atoms with van der Waals surface area (Å²) in [7, 11) is 1.59. The van der Waals surface area contributed by atoms with Gasteiger partial charge in [0.15, 0.2) is 0 Å². The van der Waals surface area contributed by atoms with Crippen molar-refractivity contribution in [3.63, 3.8) is 0 Å². The molecule has 1 aliphatic rings. The Morgan fingerprint density at radius 1 is 1.29 bits per heavy atom. The summed E-state index contributed by atoms with van der Waals surface area (Å²) in [5, 5.41) is 2.81. The summed E-state index contributed by atoms with van der Waals surface area (Å²) in [4.78, 5) is 30.5. The van der Waals surface area contributed by atoms with Crippen molar-refractivity contribution in [1.29, 1.82) is 0 Å². The van der Waals surface area contributed by atoms with E-state index in [0.29, 0.717) is 29.7 Å². The van der Waals surface area contributed by atoms with Crippen molar-refractivity contribution >= 4 is 23.5 Å². The molecule has 0 saturated heterocycles. The lowest BCUT2D eigenvalue weighted by molar-refractivity contribution is -0.113. The fourth-order valence-corrected chi connectivity index (χ4v) is 4.06. The number of methoxy groups -OCH3 is 1. The number of nitrogens with two attached hydrogens (primary N) is 1. The molecule has 0 bridgehead atoms. The van der Waals surface area contributed by atoms with E-state index in [4.69, 9.17) is 10.5 Å². The van der Waals surface area contributed by atoms with Crippen molar-refractivity contribution in [2.75, 3.05) is 13.7 Å².